The molecular weight excluding hydrogens is 319 g/mol. The van der Waals surface area contributed by atoms with E-state index in [2.05, 4.69) is 0 Å². The highest BCUT2D eigenvalue weighted by Gasteiger charge is 2.59. The molecule has 9 heteroatoms. The number of hydrogen-bond donors (Lipinski definition) is 1. The van der Waals surface area contributed by atoms with Gasteiger partial charge in [-0.15, -0.1) is 0 Å². The highest BCUT2D eigenvalue weighted by atomic mass is 35.5. The van der Waals surface area contributed by atoms with E-state index in [1.807, 2.05) is 0 Å². The van der Waals surface area contributed by atoms with Gasteiger partial charge in [0.05, 0.1) is 16.1 Å². The molecule has 1 aromatic carbocycles. The first-order chi connectivity index (χ1) is 8.46. The Kier molecular flexibility index (Phi) is 4.64. The van der Waals surface area contributed by atoms with Crippen LogP contribution in [0, 0.1) is 5.92 Å². The van der Waals surface area contributed by atoms with Gasteiger partial charge in [-0.25, -0.2) is 0 Å². The minimum Gasteiger partial charge on any atom is -0.323 e. The molecule has 2 N–H and O–H groups in total. The van der Waals surface area contributed by atoms with Crippen molar-refractivity contribution in [1.29, 1.82) is 0 Å². The fraction of sp³-hybridized carbons (Fsp3) is 0.400. The lowest BCUT2D eigenvalue weighted by Gasteiger charge is -2.29. The van der Waals surface area contributed by atoms with Crippen LogP contribution >= 0.6 is 23.2 Å². The summed E-state index contributed by atoms with van der Waals surface area (Å²) in [6, 6.07) is 0.999. The number of rotatable bonds is 2. The first-order valence-electron chi connectivity index (χ1n) is 4.79. The molecule has 0 aliphatic heterocycles. The van der Waals surface area contributed by atoms with E-state index in [9.17, 15) is 26.3 Å². The van der Waals surface area contributed by atoms with Crippen LogP contribution < -0.4 is 5.73 Å². The van der Waals surface area contributed by atoms with Crippen molar-refractivity contribution in [3.8, 4) is 0 Å². The molecule has 0 bridgehead atoms. The molecule has 108 valence electrons. The second-order valence-electron chi connectivity index (χ2n) is 3.73. The molecule has 1 aromatic rings. The van der Waals surface area contributed by atoms with E-state index in [4.69, 9.17) is 28.9 Å². The largest absolute Gasteiger partial charge is 0.402 e. The predicted molar refractivity (Wildman–Crippen MR) is 59.0 cm³/mol. The van der Waals surface area contributed by atoms with Gasteiger partial charge < -0.3 is 5.73 Å². The van der Waals surface area contributed by atoms with Crippen molar-refractivity contribution in [2.75, 3.05) is 0 Å². The van der Waals surface area contributed by atoms with Crippen molar-refractivity contribution in [2.45, 2.75) is 18.4 Å². The monoisotopic (exact) mass is 325 g/mol. The van der Waals surface area contributed by atoms with Crippen LogP contribution in [-0.2, 0) is 0 Å². The summed E-state index contributed by atoms with van der Waals surface area (Å²) in [6.07, 6.45) is -11.1. The van der Waals surface area contributed by atoms with Gasteiger partial charge in [-0.05, 0) is 11.6 Å². The molecule has 1 nitrogen and oxygen atoms in total. The van der Waals surface area contributed by atoms with Crippen molar-refractivity contribution >= 4 is 23.2 Å². The van der Waals surface area contributed by atoms with Crippen LogP contribution in [0.1, 0.15) is 11.6 Å². The van der Waals surface area contributed by atoms with Crippen molar-refractivity contribution < 1.29 is 26.3 Å². The van der Waals surface area contributed by atoms with E-state index in [1.54, 1.807) is 0 Å². The van der Waals surface area contributed by atoms with Gasteiger partial charge in [-0.3, -0.25) is 0 Å². The Hall–Kier alpha value is -0.660. The zero-order valence-electron chi connectivity index (χ0n) is 8.99. The lowest BCUT2D eigenvalue weighted by molar-refractivity contribution is -0.290. The Bertz CT molecular complexity index is 442. The van der Waals surface area contributed by atoms with E-state index >= 15 is 0 Å². The summed E-state index contributed by atoms with van der Waals surface area (Å²) in [5.41, 5.74) is 4.59. The maximum atomic E-state index is 12.5. The molecule has 1 rings (SSSR count). The molecule has 0 aromatic heterocycles. The average Bonchev–Trinajstić information content (AvgIpc) is 2.17. The molecule has 0 saturated heterocycles. The third-order valence-electron chi connectivity index (χ3n) is 2.40. The zero-order valence-corrected chi connectivity index (χ0v) is 10.5. The fourth-order valence-corrected chi connectivity index (χ4v) is 1.98. The predicted octanol–water partition coefficient (Wildman–Crippen LogP) is 4.73. The lowest BCUT2D eigenvalue weighted by Crippen LogP contribution is -2.44. The topological polar surface area (TPSA) is 26.0 Å². The summed E-state index contributed by atoms with van der Waals surface area (Å²) in [6.45, 7) is 0. The Morgan fingerprint density at radius 3 is 1.84 bits per heavy atom. The molecule has 19 heavy (non-hydrogen) atoms. The zero-order chi connectivity index (χ0) is 15.0. The molecule has 0 aliphatic carbocycles. The number of nitrogens with two attached hydrogens (primary N) is 1. The molecule has 0 amide bonds. The summed E-state index contributed by atoms with van der Waals surface area (Å²) in [5.74, 6) is -3.71. The highest BCUT2D eigenvalue weighted by molar-refractivity contribution is 6.42. The third-order valence-corrected chi connectivity index (χ3v) is 3.24. The Labute approximate surface area is 114 Å². The van der Waals surface area contributed by atoms with Crippen molar-refractivity contribution in [3.63, 3.8) is 0 Å². The second-order valence-corrected chi connectivity index (χ2v) is 4.51. The van der Waals surface area contributed by atoms with Crippen molar-refractivity contribution in [1.82, 2.24) is 0 Å². The minimum atomic E-state index is -5.54. The molecule has 0 fully saturated rings. The summed E-state index contributed by atoms with van der Waals surface area (Å²) in [5, 5.41) is -0.590. The Balaban J connectivity index is 3.28. The van der Waals surface area contributed by atoms with Gasteiger partial charge in [0.25, 0.3) is 0 Å². The van der Waals surface area contributed by atoms with E-state index in [1.165, 1.54) is 12.1 Å². The maximum Gasteiger partial charge on any atom is 0.402 e. The molecule has 1 unspecified atom stereocenters. The van der Waals surface area contributed by atoms with Gasteiger partial charge >= 0.3 is 12.4 Å². The first kappa shape index (κ1) is 16.4. The van der Waals surface area contributed by atoms with Gasteiger partial charge in [-0.1, -0.05) is 35.3 Å². The van der Waals surface area contributed by atoms with Crippen LogP contribution in [0.3, 0.4) is 0 Å². The number of hydrogen-bond acceptors (Lipinski definition) is 1. The van der Waals surface area contributed by atoms with Gasteiger partial charge in [0.2, 0.25) is 0 Å². The van der Waals surface area contributed by atoms with Crippen LogP contribution in [-0.4, -0.2) is 12.4 Å². The summed E-state index contributed by atoms with van der Waals surface area (Å²) < 4.78 is 75.0. The summed E-state index contributed by atoms with van der Waals surface area (Å²) in [7, 11) is 0. The van der Waals surface area contributed by atoms with Crippen LogP contribution in [0.5, 0.6) is 0 Å². The van der Waals surface area contributed by atoms with Gasteiger partial charge in [0.1, 0.15) is 0 Å². The van der Waals surface area contributed by atoms with E-state index in [-0.39, 0.29) is 5.02 Å². The standard InChI is InChI=1S/C10H7Cl2F6N/c11-5-3-1-2-4(6(5)12)7(19)8(9(13,14)15)10(16,17)18/h1-3,7-8H,19H2. The Morgan fingerprint density at radius 1 is 0.947 bits per heavy atom. The molecule has 0 spiro atoms. The van der Waals surface area contributed by atoms with Crippen molar-refractivity contribution in [3.05, 3.63) is 33.8 Å². The molecule has 0 heterocycles. The second kappa shape index (κ2) is 5.38. The SMILES string of the molecule is NC(c1cccc(Cl)c1Cl)C(C(F)(F)F)C(F)(F)F. The number of benzene rings is 1. The summed E-state index contributed by atoms with van der Waals surface area (Å²) in [4.78, 5) is 0. The lowest BCUT2D eigenvalue weighted by atomic mass is 9.92. The summed E-state index contributed by atoms with van der Waals surface area (Å²) >= 11 is 11.1. The number of halogens is 8. The molecular formula is C10H7Cl2F6N. The molecule has 0 radical (unpaired) electrons. The van der Waals surface area contributed by atoms with Crippen molar-refractivity contribution in [2.24, 2.45) is 11.7 Å². The van der Waals surface area contributed by atoms with Crippen LogP contribution in [0.15, 0.2) is 18.2 Å². The van der Waals surface area contributed by atoms with Gasteiger partial charge in [-0.2, -0.15) is 26.3 Å². The Morgan fingerprint density at radius 2 is 1.42 bits per heavy atom. The van der Waals surface area contributed by atoms with Gasteiger partial charge in [0, 0.05) is 0 Å². The van der Waals surface area contributed by atoms with E-state index < -0.39 is 34.9 Å². The first-order valence-corrected chi connectivity index (χ1v) is 5.54. The highest BCUT2D eigenvalue weighted by Crippen LogP contribution is 2.47. The smallest absolute Gasteiger partial charge is 0.323 e. The van der Waals surface area contributed by atoms with Crippen LogP contribution in [0.4, 0.5) is 26.3 Å². The molecule has 0 aliphatic rings. The maximum absolute atomic E-state index is 12.5. The van der Waals surface area contributed by atoms with E-state index in [0.29, 0.717) is 0 Å². The molecule has 0 saturated carbocycles. The third kappa shape index (κ3) is 3.67. The average molecular weight is 326 g/mol. The van der Waals surface area contributed by atoms with Crippen LogP contribution in [0.2, 0.25) is 10.0 Å². The number of alkyl halides is 6. The normalized spacial score (nSPS) is 14.8. The minimum absolute atomic E-state index is 0.169. The fourth-order valence-electron chi connectivity index (χ4n) is 1.55. The van der Waals surface area contributed by atoms with E-state index in [0.717, 1.165) is 6.07 Å². The van der Waals surface area contributed by atoms with Crippen LogP contribution in [0.25, 0.3) is 0 Å². The molecule has 1 atom stereocenters. The quantitative estimate of drug-likeness (QED) is 0.781. The van der Waals surface area contributed by atoms with Gasteiger partial charge in [0.15, 0.2) is 5.92 Å².